The first kappa shape index (κ1) is 19.3. The number of benzene rings is 2. The molecular formula is C21H24N2O3. The minimum Gasteiger partial charge on any atom is -0.489 e. The average molecular weight is 352 g/mol. The predicted molar refractivity (Wildman–Crippen MR) is 99.7 cm³/mol. The quantitative estimate of drug-likeness (QED) is 0.845. The maximum Gasteiger partial charge on any atom is 0.408 e. The van der Waals surface area contributed by atoms with Crippen molar-refractivity contribution in [3.05, 3.63) is 65.7 Å². The second kappa shape index (κ2) is 8.91. The molecule has 26 heavy (non-hydrogen) atoms. The van der Waals surface area contributed by atoms with E-state index in [1.165, 1.54) is 0 Å². The highest BCUT2D eigenvalue weighted by atomic mass is 16.6. The minimum absolute atomic E-state index is 0.398. The van der Waals surface area contributed by atoms with Gasteiger partial charge in [0.25, 0.3) is 0 Å². The predicted octanol–water partition coefficient (Wildman–Crippen LogP) is 4.22. The molecule has 5 heteroatoms. The summed E-state index contributed by atoms with van der Waals surface area (Å²) >= 11 is 0. The zero-order valence-electron chi connectivity index (χ0n) is 15.4. The highest BCUT2D eigenvalue weighted by Gasteiger charge is 2.19. The number of amides is 1. The molecule has 0 saturated carbocycles. The molecule has 0 heterocycles. The summed E-state index contributed by atoms with van der Waals surface area (Å²) in [6.07, 6.45) is -0.193. The number of carbonyl (C=O) groups is 1. The Bertz CT molecular complexity index is 744. The molecule has 1 unspecified atom stereocenters. The molecule has 0 aliphatic heterocycles. The molecule has 136 valence electrons. The second-order valence-electron chi connectivity index (χ2n) is 6.95. The molecule has 0 bridgehead atoms. The Kier molecular flexibility index (Phi) is 6.62. The number of alkyl carbamates (subject to hydrolysis) is 1. The summed E-state index contributed by atoms with van der Waals surface area (Å²) in [6.45, 7) is 5.84. The zero-order chi connectivity index (χ0) is 19.0. The average Bonchev–Trinajstić information content (AvgIpc) is 2.60. The standard InChI is InChI=1S/C21H24N2O3/c1-21(2,3)26-20(24)23-18(14-22)13-16-9-11-19(12-10-16)25-15-17-7-5-4-6-8-17/h4-12,18H,13,15H2,1-3H3,(H,23,24). The molecule has 0 aliphatic rings. The molecule has 0 aliphatic carbocycles. The number of hydrogen-bond donors (Lipinski definition) is 1. The van der Waals surface area contributed by atoms with Crippen LogP contribution in [0.5, 0.6) is 5.75 Å². The van der Waals surface area contributed by atoms with Crippen LogP contribution in [0.4, 0.5) is 4.79 Å². The molecule has 1 N–H and O–H groups in total. The summed E-state index contributed by atoms with van der Waals surface area (Å²) < 4.78 is 10.9. The molecule has 2 aromatic carbocycles. The van der Waals surface area contributed by atoms with Crippen LogP contribution in [0.1, 0.15) is 31.9 Å². The molecule has 0 radical (unpaired) electrons. The van der Waals surface area contributed by atoms with E-state index in [1.807, 2.05) is 54.6 Å². The van der Waals surface area contributed by atoms with Gasteiger partial charge in [0.2, 0.25) is 0 Å². The fourth-order valence-corrected chi connectivity index (χ4v) is 2.28. The third kappa shape index (κ3) is 6.86. The van der Waals surface area contributed by atoms with Crippen LogP contribution in [-0.4, -0.2) is 17.7 Å². The third-order valence-electron chi connectivity index (χ3n) is 3.46. The minimum atomic E-state index is -0.652. The molecule has 5 nitrogen and oxygen atoms in total. The topological polar surface area (TPSA) is 71.3 Å². The highest BCUT2D eigenvalue weighted by Crippen LogP contribution is 2.15. The number of nitriles is 1. The number of ether oxygens (including phenoxy) is 2. The molecule has 2 aromatic rings. The van der Waals surface area contributed by atoms with Crippen molar-refractivity contribution in [1.29, 1.82) is 5.26 Å². The van der Waals surface area contributed by atoms with E-state index in [0.717, 1.165) is 16.9 Å². The van der Waals surface area contributed by atoms with Crippen LogP contribution in [-0.2, 0) is 17.8 Å². The first-order chi connectivity index (χ1) is 12.4. The van der Waals surface area contributed by atoms with Crippen molar-refractivity contribution < 1.29 is 14.3 Å². The van der Waals surface area contributed by atoms with E-state index in [1.54, 1.807) is 20.8 Å². The number of nitrogens with one attached hydrogen (secondary N) is 1. The van der Waals surface area contributed by atoms with Crippen molar-refractivity contribution in [3.8, 4) is 11.8 Å². The van der Waals surface area contributed by atoms with Gasteiger partial charge in [-0.1, -0.05) is 42.5 Å². The van der Waals surface area contributed by atoms with Crippen LogP contribution in [0.15, 0.2) is 54.6 Å². The van der Waals surface area contributed by atoms with Gasteiger partial charge in [-0.15, -0.1) is 0 Å². The molecule has 0 spiro atoms. The van der Waals surface area contributed by atoms with Crippen LogP contribution in [0, 0.1) is 11.3 Å². The molecule has 1 atom stereocenters. The molecule has 0 aromatic heterocycles. The normalized spacial score (nSPS) is 11.9. The van der Waals surface area contributed by atoms with Crippen molar-refractivity contribution in [1.82, 2.24) is 5.32 Å². The van der Waals surface area contributed by atoms with Gasteiger partial charge >= 0.3 is 6.09 Å². The van der Waals surface area contributed by atoms with Gasteiger partial charge < -0.3 is 14.8 Å². The van der Waals surface area contributed by atoms with Crippen LogP contribution in [0.25, 0.3) is 0 Å². The van der Waals surface area contributed by atoms with Gasteiger partial charge in [0.05, 0.1) is 6.07 Å². The maximum atomic E-state index is 11.8. The van der Waals surface area contributed by atoms with Crippen molar-refractivity contribution in [3.63, 3.8) is 0 Å². The Morgan fingerprint density at radius 3 is 2.31 bits per heavy atom. The van der Waals surface area contributed by atoms with E-state index in [9.17, 15) is 10.1 Å². The van der Waals surface area contributed by atoms with Gasteiger partial charge in [0.15, 0.2) is 0 Å². The van der Waals surface area contributed by atoms with Gasteiger partial charge in [0.1, 0.15) is 24.0 Å². The first-order valence-corrected chi connectivity index (χ1v) is 8.50. The molecule has 1 amide bonds. The van der Waals surface area contributed by atoms with E-state index < -0.39 is 17.7 Å². The molecule has 0 saturated heterocycles. The van der Waals surface area contributed by atoms with E-state index >= 15 is 0 Å². The lowest BCUT2D eigenvalue weighted by molar-refractivity contribution is 0.0516. The van der Waals surface area contributed by atoms with Gasteiger partial charge in [0, 0.05) is 6.42 Å². The molecule has 0 fully saturated rings. The molecule has 2 rings (SSSR count). The summed E-state index contributed by atoms with van der Waals surface area (Å²) in [5, 5.41) is 11.8. The van der Waals surface area contributed by atoms with Gasteiger partial charge in [-0.25, -0.2) is 4.79 Å². The Labute approximate surface area is 154 Å². The van der Waals surface area contributed by atoms with Crippen LogP contribution in [0.2, 0.25) is 0 Å². The van der Waals surface area contributed by atoms with Crippen molar-refractivity contribution in [2.24, 2.45) is 0 Å². The van der Waals surface area contributed by atoms with E-state index in [4.69, 9.17) is 9.47 Å². The lowest BCUT2D eigenvalue weighted by Gasteiger charge is -2.21. The second-order valence-corrected chi connectivity index (χ2v) is 6.95. The largest absolute Gasteiger partial charge is 0.489 e. The number of nitrogens with zero attached hydrogens (tertiary/aromatic N) is 1. The highest BCUT2D eigenvalue weighted by molar-refractivity contribution is 5.68. The number of hydrogen-bond acceptors (Lipinski definition) is 4. The maximum absolute atomic E-state index is 11.8. The zero-order valence-corrected chi connectivity index (χ0v) is 15.4. The lowest BCUT2D eigenvalue weighted by Crippen LogP contribution is -2.39. The summed E-state index contributed by atoms with van der Waals surface area (Å²) in [5.41, 5.74) is 1.43. The fraction of sp³-hybridized carbons (Fsp3) is 0.333. The Balaban J connectivity index is 1.87. The van der Waals surface area contributed by atoms with Crippen molar-refractivity contribution >= 4 is 6.09 Å². The summed E-state index contributed by atoms with van der Waals surface area (Å²) in [6, 6.07) is 18.9. The monoisotopic (exact) mass is 352 g/mol. The summed E-state index contributed by atoms with van der Waals surface area (Å²) in [5.74, 6) is 0.756. The van der Waals surface area contributed by atoms with Crippen LogP contribution < -0.4 is 10.1 Å². The van der Waals surface area contributed by atoms with Crippen LogP contribution >= 0.6 is 0 Å². The van der Waals surface area contributed by atoms with E-state index in [-0.39, 0.29) is 0 Å². The van der Waals surface area contributed by atoms with E-state index in [0.29, 0.717) is 13.0 Å². The van der Waals surface area contributed by atoms with Crippen molar-refractivity contribution in [2.45, 2.75) is 45.4 Å². The fourth-order valence-electron chi connectivity index (χ4n) is 2.28. The smallest absolute Gasteiger partial charge is 0.408 e. The lowest BCUT2D eigenvalue weighted by atomic mass is 10.1. The Hall–Kier alpha value is -3.00. The number of carbonyl (C=O) groups excluding carboxylic acids is 1. The third-order valence-corrected chi connectivity index (χ3v) is 3.46. The van der Waals surface area contributed by atoms with Gasteiger partial charge in [-0.2, -0.15) is 5.26 Å². The van der Waals surface area contributed by atoms with Gasteiger partial charge in [-0.05, 0) is 44.0 Å². The Morgan fingerprint density at radius 1 is 1.08 bits per heavy atom. The van der Waals surface area contributed by atoms with Crippen LogP contribution in [0.3, 0.4) is 0 Å². The van der Waals surface area contributed by atoms with E-state index in [2.05, 4.69) is 11.4 Å². The summed E-state index contributed by atoms with van der Waals surface area (Å²) in [4.78, 5) is 11.8. The first-order valence-electron chi connectivity index (χ1n) is 8.50. The van der Waals surface area contributed by atoms with Gasteiger partial charge in [-0.3, -0.25) is 0 Å². The summed E-state index contributed by atoms with van der Waals surface area (Å²) in [7, 11) is 0. The van der Waals surface area contributed by atoms with Crippen molar-refractivity contribution in [2.75, 3.05) is 0 Å². The molecular weight excluding hydrogens is 328 g/mol. The Morgan fingerprint density at radius 2 is 1.73 bits per heavy atom. The number of rotatable bonds is 6. The SMILES string of the molecule is CC(C)(C)OC(=O)NC(C#N)Cc1ccc(OCc2ccccc2)cc1.